The number of hydrogen-bond acceptors (Lipinski definition) is 1. The molecule has 1 aliphatic heterocycles. The van der Waals surface area contributed by atoms with Crippen molar-refractivity contribution >= 4 is 0 Å². The average molecular weight is 126 g/mol. The van der Waals surface area contributed by atoms with E-state index in [1.54, 1.807) is 0 Å². The van der Waals surface area contributed by atoms with Crippen molar-refractivity contribution < 1.29 is 4.74 Å². The first-order valence-corrected chi connectivity index (χ1v) is 3.48. The molecular formula is C8H14O. The molecule has 1 saturated heterocycles. The lowest BCUT2D eigenvalue weighted by Crippen LogP contribution is -2.12. The Hall–Kier alpha value is -0.300. The van der Waals surface area contributed by atoms with Crippen LogP contribution in [0.4, 0.5) is 0 Å². The van der Waals surface area contributed by atoms with Crippen LogP contribution in [0.25, 0.3) is 0 Å². The van der Waals surface area contributed by atoms with Gasteiger partial charge in [-0.1, -0.05) is 20.4 Å². The van der Waals surface area contributed by atoms with Gasteiger partial charge in [-0.3, -0.25) is 0 Å². The molecule has 1 heterocycles. The second kappa shape index (κ2) is 2.53. The molecule has 1 rings (SSSR count). The van der Waals surface area contributed by atoms with Gasteiger partial charge in [-0.05, 0) is 17.9 Å². The quantitative estimate of drug-likeness (QED) is 0.488. The Morgan fingerprint density at radius 3 is 2.56 bits per heavy atom. The van der Waals surface area contributed by atoms with E-state index >= 15 is 0 Å². The van der Waals surface area contributed by atoms with Crippen LogP contribution in [0.1, 0.15) is 20.3 Å². The summed E-state index contributed by atoms with van der Waals surface area (Å²) in [4.78, 5) is 0. The highest BCUT2D eigenvalue weighted by atomic mass is 16.5. The van der Waals surface area contributed by atoms with E-state index in [0.717, 1.165) is 13.0 Å². The van der Waals surface area contributed by atoms with E-state index in [4.69, 9.17) is 4.74 Å². The van der Waals surface area contributed by atoms with Crippen molar-refractivity contribution in [1.82, 2.24) is 0 Å². The smallest absolute Gasteiger partial charge is 0.0679 e. The summed E-state index contributed by atoms with van der Waals surface area (Å²) in [6, 6.07) is 0. The molecule has 0 aromatic rings. The Kier molecular flexibility index (Phi) is 1.91. The summed E-state index contributed by atoms with van der Waals surface area (Å²) in [7, 11) is 0. The Balaban J connectivity index is 2.39. The van der Waals surface area contributed by atoms with Crippen LogP contribution < -0.4 is 0 Å². The third-order valence-corrected chi connectivity index (χ3v) is 1.73. The van der Waals surface area contributed by atoms with Crippen molar-refractivity contribution in [2.75, 3.05) is 6.61 Å². The maximum atomic E-state index is 5.43. The lowest BCUT2D eigenvalue weighted by molar-refractivity contribution is 0.0775. The molecule has 0 aromatic heterocycles. The van der Waals surface area contributed by atoms with Gasteiger partial charge in [0, 0.05) is 0 Å². The summed E-state index contributed by atoms with van der Waals surface area (Å²) in [5.41, 5.74) is 1.24. The zero-order chi connectivity index (χ0) is 6.85. The molecule has 0 bridgehead atoms. The summed E-state index contributed by atoms with van der Waals surface area (Å²) in [5, 5.41) is 0. The van der Waals surface area contributed by atoms with Gasteiger partial charge < -0.3 is 4.74 Å². The first kappa shape index (κ1) is 6.81. The Morgan fingerprint density at radius 1 is 1.67 bits per heavy atom. The van der Waals surface area contributed by atoms with E-state index in [9.17, 15) is 0 Å². The molecule has 1 fully saturated rings. The highest BCUT2D eigenvalue weighted by Crippen LogP contribution is 2.22. The van der Waals surface area contributed by atoms with Gasteiger partial charge in [0.15, 0.2) is 0 Å². The predicted molar refractivity (Wildman–Crippen MR) is 38.3 cm³/mol. The van der Waals surface area contributed by atoms with Gasteiger partial charge in [-0.15, -0.1) is 0 Å². The maximum Gasteiger partial charge on any atom is 0.0679 e. The van der Waals surface area contributed by atoms with Gasteiger partial charge in [0.25, 0.3) is 0 Å². The fraction of sp³-hybridized carbons (Fsp3) is 0.750. The van der Waals surface area contributed by atoms with Gasteiger partial charge in [-0.25, -0.2) is 0 Å². The molecule has 0 spiro atoms. The van der Waals surface area contributed by atoms with E-state index in [0.29, 0.717) is 12.0 Å². The number of rotatable bonds is 1. The van der Waals surface area contributed by atoms with Crippen molar-refractivity contribution in [2.24, 2.45) is 5.92 Å². The molecule has 0 aromatic carbocycles. The number of hydrogen-bond donors (Lipinski definition) is 0. The summed E-state index contributed by atoms with van der Waals surface area (Å²) in [6.45, 7) is 9.01. The van der Waals surface area contributed by atoms with E-state index < -0.39 is 0 Å². The van der Waals surface area contributed by atoms with Crippen LogP contribution in [0, 0.1) is 5.92 Å². The van der Waals surface area contributed by atoms with Gasteiger partial charge in [0.05, 0.1) is 12.7 Å². The molecule has 52 valence electrons. The normalized spacial score (nSPS) is 27.9. The van der Waals surface area contributed by atoms with Crippen molar-refractivity contribution in [3.8, 4) is 0 Å². The van der Waals surface area contributed by atoms with Gasteiger partial charge in [0.1, 0.15) is 0 Å². The first-order chi connectivity index (χ1) is 4.20. The van der Waals surface area contributed by atoms with Gasteiger partial charge >= 0.3 is 0 Å². The molecule has 9 heavy (non-hydrogen) atoms. The Labute approximate surface area is 56.7 Å². The molecule has 1 aliphatic rings. The van der Waals surface area contributed by atoms with E-state index in [2.05, 4.69) is 20.4 Å². The van der Waals surface area contributed by atoms with Crippen molar-refractivity contribution in [1.29, 1.82) is 0 Å². The zero-order valence-corrected chi connectivity index (χ0v) is 6.18. The van der Waals surface area contributed by atoms with Crippen LogP contribution in [0.5, 0.6) is 0 Å². The number of ether oxygens (including phenoxy) is 1. The van der Waals surface area contributed by atoms with E-state index in [1.165, 1.54) is 5.57 Å². The van der Waals surface area contributed by atoms with Crippen LogP contribution in [-0.4, -0.2) is 12.7 Å². The lowest BCUT2D eigenvalue weighted by Gasteiger charge is -2.11. The zero-order valence-electron chi connectivity index (χ0n) is 6.18. The monoisotopic (exact) mass is 126 g/mol. The first-order valence-electron chi connectivity index (χ1n) is 3.48. The summed E-state index contributed by atoms with van der Waals surface area (Å²) >= 11 is 0. The minimum absolute atomic E-state index is 0.442. The lowest BCUT2D eigenvalue weighted by atomic mass is 10.0. The highest BCUT2D eigenvalue weighted by molar-refractivity contribution is 5.02. The molecule has 0 aliphatic carbocycles. The van der Waals surface area contributed by atoms with Crippen LogP contribution in [0.2, 0.25) is 0 Å². The van der Waals surface area contributed by atoms with Crippen LogP contribution in [0.15, 0.2) is 12.2 Å². The fourth-order valence-corrected chi connectivity index (χ4v) is 1.06. The third kappa shape index (κ3) is 1.55. The van der Waals surface area contributed by atoms with Crippen molar-refractivity contribution in [3.05, 3.63) is 12.2 Å². The Morgan fingerprint density at radius 2 is 2.33 bits per heavy atom. The maximum absolute atomic E-state index is 5.43. The Bertz CT molecular complexity index is 116. The highest BCUT2D eigenvalue weighted by Gasteiger charge is 2.20. The standard InChI is InChI=1S/C8H14O/c1-6(2)8-4-7(3)5-9-8/h6,8H,3-5H2,1-2H3. The largest absolute Gasteiger partial charge is 0.373 e. The molecule has 0 saturated carbocycles. The minimum Gasteiger partial charge on any atom is -0.373 e. The topological polar surface area (TPSA) is 9.23 Å². The van der Waals surface area contributed by atoms with Gasteiger partial charge in [-0.2, -0.15) is 0 Å². The predicted octanol–water partition coefficient (Wildman–Crippen LogP) is 1.99. The molecule has 0 radical (unpaired) electrons. The molecule has 0 amide bonds. The second-order valence-electron chi connectivity index (χ2n) is 3.05. The van der Waals surface area contributed by atoms with E-state index in [1.807, 2.05) is 0 Å². The van der Waals surface area contributed by atoms with Crippen molar-refractivity contribution in [3.63, 3.8) is 0 Å². The summed E-state index contributed by atoms with van der Waals surface area (Å²) in [6.07, 6.45) is 1.51. The van der Waals surface area contributed by atoms with E-state index in [-0.39, 0.29) is 0 Å². The van der Waals surface area contributed by atoms with Crippen LogP contribution in [-0.2, 0) is 4.74 Å². The fourth-order valence-electron chi connectivity index (χ4n) is 1.06. The van der Waals surface area contributed by atoms with Crippen LogP contribution in [0.3, 0.4) is 0 Å². The average Bonchev–Trinajstić information content (AvgIpc) is 2.14. The molecule has 0 N–H and O–H groups in total. The van der Waals surface area contributed by atoms with Crippen LogP contribution >= 0.6 is 0 Å². The molecule has 1 heteroatoms. The molecular weight excluding hydrogens is 112 g/mol. The summed E-state index contributed by atoms with van der Waals surface area (Å²) in [5.74, 6) is 0.643. The molecule has 1 atom stereocenters. The van der Waals surface area contributed by atoms with Crippen molar-refractivity contribution in [2.45, 2.75) is 26.4 Å². The minimum atomic E-state index is 0.442. The third-order valence-electron chi connectivity index (χ3n) is 1.73. The van der Waals surface area contributed by atoms with Gasteiger partial charge in [0.2, 0.25) is 0 Å². The summed E-state index contributed by atoms with van der Waals surface area (Å²) < 4.78 is 5.43. The SMILES string of the molecule is C=C1COC(C(C)C)C1. The molecule has 1 nitrogen and oxygen atoms in total. The second-order valence-corrected chi connectivity index (χ2v) is 3.05. The molecule has 1 unspecified atom stereocenters.